The zero-order valence-electron chi connectivity index (χ0n) is 10.1. The fourth-order valence-electron chi connectivity index (χ4n) is 1.49. The molecular formula is C13H17ClN2O. The Hall–Kier alpha value is -1.27. The molecule has 0 radical (unpaired) electrons. The monoisotopic (exact) mass is 252 g/mol. The van der Waals surface area contributed by atoms with Crippen LogP contribution in [0.3, 0.4) is 0 Å². The number of nitrogens with zero attached hydrogens (tertiary/aromatic N) is 2. The summed E-state index contributed by atoms with van der Waals surface area (Å²) in [6.07, 6.45) is 7.43. The van der Waals surface area contributed by atoms with Gasteiger partial charge < -0.3 is 4.74 Å². The maximum absolute atomic E-state index is 8.79. The Bertz CT molecular complexity index is 387. The molecule has 1 heterocycles. The van der Waals surface area contributed by atoms with Gasteiger partial charge in [0.25, 0.3) is 0 Å². The van der Waals surface area contributed by atoms with Crippen LogP contribution >= 0.6 is 11.6 Å². The summed E-state index contributed by atoms with van der Waals surface area (Å²) in [4.78, 5) is 4.02. The van der Waals surface area contributed by atoms with E-state index in [9.17, 15) is 0 Å². The molecule has 0 amide bonds. The molecule has 92 valence electrons. The second kappa shape index (κ2) is 7.92. The molecule has 0 saturated heterocycles. The first-order chi connectivity index (χ1) is 8.29. The van der Waals surface area contributed by atoms with E-state index in [2.05, 4.69) is 11.9 Å². The van der Waals surface area contributed by atoms with Crippen LogP contribution in [0.1, 0.15) is 44.6 Å². The molecule has 0 aliphatic carbocycles. The number of halogens is 1. The average Bonchev–Trinajstić information content (AvgIpc) is 2.35. The third-order valence-electron chi connectivity index (χ3n) is 2.46. The summed E-state index contributed by atoms with van der Waals surface area (Å²) in [5.74, 6) is 0.362. The van der Waals surface area contributed by atoms with Crippen molar-refractivity contribution in [2.45, 2.75) is 39.0 Å². The lowest BCUT2D eigenvalue weighted by molar-refractivity contribution is 0.293. The minimum atomic E-state index is 0.309. The van der Waals surface area contributed by atoms with E-state index in [1.54, 1.807) is 6.07 Å². The summed E-state index contributed by atoms with van der Waals surface area (Å²) in [5, 5.41) is 9.10. The Morgan fingerprint density at radius 1 is 1.35 bits per heavy atom. The maximum Gasteiger partial charge on any atom is 0.233 e. The zero-order valence-corrected chi connectivity index (χ0v) is 10.8. The summed E-state index contributed by atoms with van der Waals surface area (Å²) < 4.78 is 5.47. The van der Waals surface area contributed by atoms with Crippen LogP contribution in [0, 0.1) is 11.3 Å². The smallest absolute Gasteiger partial charge is 0.233 e. The largest absolute Gasteiger partial charge is 0.477 e. The number of aromatic nitrogens is 1. The lowest BCUT2D eigenvalue weighted by atomic mass is 10.2. The van der Waals surface area contributed by atoms with Crippen molar-refractivity contribution in [3.63, 3.8) is 0 Å². The normalized spacial score (nSPS) is 9.94. The second-order valence-electron chi connectivity index (χ2n) is 3.85. The van der Waals surface area contributed by atoms with Gasteiger partial charge in [0.15, 0.2) is 0 Å². The van der Waals surface area contributed by atoms with Crippen LogP contribution in [-0.4, -0.2) is 11.6 Å². The van der Waals surface area contributed by atoms with Crippen LogP contribution in [0.25, 0.3) is 0 Å². The van der Waals surface area contributed by atoms with E-state index in [1.165, 1.54) is 25.5 Å². The van der Waals surface area contributed by atoms with E-state index in [-0.39, 0.29) is 0 Å². The summed E-state index contributed by atoms with van der Waals surface area (Å²) >= 11 is 5.96. The van der Waals surface area contributed by atoms with Crippen molar-refractivity contribution in [1.82, 2.24) is 4.98 Å². The van der Waals surface area contributed by atoms with Crippen molar-refractivity contribution in [1.29, 1.82) is 5.26 Å². The van der Waals surface area contributed by atoms with Gasteiger partial charge in [0.1, 0.15) is 11.1 Å². The van der Waals surface area contributed by atoms with E-state index >= 15 is 0 Å². The Morgan fingerprint density at radius 3 is 2.82 bits per heavy atom. The SMILES string of the molecule is CCCCCCCOc1nccc(C#N)c1Cl. The predicted octanol–water partition coefficient (Wildman–Crippen LogP) is 3.96. The van der Waals surface area contributed by atoms with Crippen LogP contribution in [0.2, 0.25) is 5.02 Å². The Kier molecular flexibility index (Phi) is 6.42. The molecule has 0 unspecified atom stereocenters. The summed E-state index contributed by atoms with van der Waals surface area (Å²) in [6.45, 7) is 2.79. The van der Waals surface area contributed by atoms with Crippen LogP contribution in [-0.2, 0) is 0 Å². The Morgan fingerprint density at radius 2 is 2.12 bits per heavy atom. The number of pyridine rings is 1. The third kappa shape index (κ3) is 4.62. The number of unbranched alkanes of at least 4 members (excludes halogenated alkanes) is 4. The van der Waals surface area contributed by atoms with Gasteiger partial charge in [-0.2, -0.15) is 5.26 Å². The minimum absolute atomic E-state index is 0.309. The highest BCUT2D eigenvalue weighted by Gasteiger charge is 2.07. The molecule has 0 bridgehead atoms. The van der Waals surface area contributed by atoms with Gasteiger partial charge in [-0.15, -0.1) is 0 Å². The van der Waals surface area contributed by atoms with Crippen molar-refractivity contribution in [2.75, 3.05) is 6.61 Å². The standard InChI is InChI=1S/C13H17ClN2O/c1-2-3-4-5-6-9-17-13-12(14)11(10-15)7-8-16-13/h7-8H,2-6,9H2,1H3. The molecule has 0 aromatic carbocycles. The summed E-state index contributed by atoms with van der Waals surface area (Å²) in [7, 11) is 0. The van der Waals surface area contributed by atoms with E-state index < -0.39 is 0 Å². The van der Waals surface area contributed by atoms with Crippen LogP contribution in [0.15, 0.2) is 12.3 Å². The van der Waals surface area contributed by atoms with Crippen LogP contribution in [0.4, 0.5) is 0 Å². The van der Waals surface area contributed by atoms with E-state index in [0.29, 0.717) is 23.1 Å². The fraction of sp³-hybridized carbons (Fsp3) is 0.538. The van der Waals surface area contributed by atoms with Crippen molar-refractivity contribution in [3.8, 4) is 11.9 Å². The Labute approximate surface area is 107 Å². The first-order valence-corrected chi connectivity index (χ1v) is 6.34. The predicted molar refractivity (Wildman–Crippen MR) is 68.2 cm³/mol. The summed E-state index contributed by atoms with van der Waals surface area (Å²) in [6, 6.07) is 3.58. The molecule has 0 atom stereocenters. The van der Waals surface area contributed by atoms with Crippen molar-refractivity contribution >= 4 is 11.6 Å². The van der Waals surface area contributed by atoms with E-state index in [1.807, 2.05) is 6.07 Å². The first kappa shape index (κ1) is 13.8. The molecule has 1 aromatic rings. The molecule has 0 aliphatic rings. The quantitative estimate of drug-likeness (QED) is 0.690. The third-order valence-corrected chi connectivity index (χ3v) is 2.83. The van der Waals surface area contributed by atoms with E-state index in [0.717, 1.165) is 12.8 Å². The van der Waals surface area contributed by atoms with Gasteiger partial charge in [-0.05, 0) is 12.5 Å². The molecule has 0 fully saturated rings. The fourth-order valence-corrected chi connectivity index (χ4v) is 1.69. The van der Waals surface area contributed by atoms with Gasteiger partial charge >= 0.3 is 0 Å². The lowest BCUT2D eigenvalue weighted by Crippen LogP contribution is -2.00. The topological polar surface area (TPSA) is 45.9 Å². The molecular weight excluding hydrogens is 236 g/mol. The first-order valence-electron chi connectivity index (χ1n) is 5.97. The number of ether oxygens (including phenoxy) is 1. The molecule has 4 heteroatoms. The number of hydrogen-bond acceptors (Lipinski definition) is 3. The van der Waals surface area contributed by atoms with Gasteiger partial charge in [-0.1, -0.05) is 44.2 Å². The van der Waals surface area contributed by atoms with Gasteiger partial charge in [0.05, 0.1) is 12.2 Å². The van der Waals surface area contributed by atoms with Crippen LogP contribution in [0.5, 0.6) is 5.88 Å². The highest BCUT2D eigenvalue weighted by molar-refractivity contribution is 6.32. The van der Waals surface area contributed by atoms with Crippen molar-refractivity contribution < 1.29 is 4.74 Å². The molecule has 1 aromatic heterocycles. The molecule has 0 aliphatic heterocycles. The average molecular weight is 253 g/mol. The minimum Gasteiger partial charge on any atom is -0.477 e. The highest BCUT2D eigenvalue weighted by Crippen LogP contribution is 2.24. The molecule has 0 N–H and O–H groups in total. The number of rotatable bonds is 7. The number of hydrogen-bond donors (Lipinski definition) is 0. The molecule has 17 heavy (non-hydrogen) atoms. The highest BCUT2D eigenvalue weighted by atomic mass is 35.5. The molecule has 0 spiro atoms. The maximum atomic E-state index is 8.79. The summed E-state index contributed by atoms with van der Waals surface area (Å²) in [5.41, 5.74) is 0.405. The molecule has 0 saturated carbocycles. The van der Waals surface area contributed by atoms with E-state index in [4.69, 9.17) is 21.6 Å². The van der Waals surface area contributed by atoms with Gasteiger partial charge in [-0.25, -0.2) is 4.98 Å². The number of nitriles is 1. The van der Waals surface area contributed by atoms with Crippen LogP contribution < -0.4 is 4.74 Å². The Balaban J connectivity index is 2.35. The van der Waals surface area contributed by atoms with Gasteiger partial charge in [0.2, 0.25) is 5.88 Å². The zero-order chi connectivity index (χ0) is 12.5. The van der Waals surface area contributed by atoms with Gasteiger partial charge in [-0.3, -0.25) is 0 Å². The lowest BCUT2D eigenvalue weighted by Gasteiger charge is -2.07. The molecule has 1 rings (SSSR count). The molecule has 3 nitrogen and oxygen atoms in total. The second-order valence-corrected chi connectivity index (χ2v) is 4.23. The van der Waals surface area contributed by atoms with Gasteiger partial charge in [0, 0.05) is 6.20 Å². The van der Waals surface area contributed by atoms with Crippen molar-refractivity contribution in [3.05, 3.63) is 22.8 Å². The van der Waals surface area contributed by atoms with Crippen molar-refractivity contribution in [2.24, 2.45) is 0 Å².